The van der Waals surface area contributed by atoms with Crippen LogP contribution in [0, 0.1) is 19.7 Å². The number of benzene rings is 1. The number of halogens is 1. The fraction of sp³-hybridized carbons (Fsp3) is 0.267. The van der Waals surface area contributed by atoms with Crippen molar-refractivity contribution in [3.05, 3.63) is 53.1 Å². The normalized spacial score (nSPS) is 10.5. The quantitative estimate of drug-likeness (QED) is 0.857. The summed E-state index contributed by atoms with van der Waals surface area (Å²) in [7, 11) is 1.71. The van der Waals surface area contributed by atoms with Crippen molar-refractivity contribution in [2.45, 2.75) is 13.8 Å². The van der Waals surface area contributed by atoms with E-state index in [-0.39, 0.29) is 18.1 Å². The predicted octanol–water partition coefficient (Wildman–Crippen LogP) is 3.09. The van der Waals surface area contributed by atoms with Crippen molar-refractivity contribution in [2.24, 2.45) is 0 Å². The van der Waals surface area contributed by atoms with Crippen molar-refractivity contribution in [1.29, 1.82) is 0 Å². The number of hydrogen-bond donors (Lipinski definition) is 1. The summed E-state index contributed by atoms with van der Waals surface area (Å²) in [5.74, 6) is -0.340. The number of H-pyrrole nitrogens is 1. The summed E-state index contributed by atoms with van der Waals surface area (Å²) >= 11 is 0. The molecule has 3 nitrogen and oxygen atoms in total. The van der Waals surface area contributed by atoms with Gasteiger partial charge in [-0.3, -0.25) is 4.79 Å². The molecule has 4 heteroatoms. The van der Waals surface area contributed by atoms with E-state index in [1.165, 1.54) is 6.07 Å². The van der Waals surface area contributed by atoms with Gasteiger partial charge in [-0.15, -0.1) is 0 Å². The number of carbonyl (C=O) groups is 1. The van der Waals surface area contributed by atoms with Crippen LogP contribution in [0.25, 0.3) is 0 Å². The Hall–Kier alpha value is -2.10. The van der Waals surface area contributed by atoms with E-state index < -0.39 is 0 Å². The van der Waals surface area contributed by atoms with Crippen molar-refractivity contribution in [3.63, 3.8) is 0 Å². The fourth-order valence-electron chi connectivity index (χ4n) is 2.16. The van der Waals surface area contributed by atoms with E-state index in [0.29, 0.717) is 11.3 Å². The zero-order valence-corrected chi connectivity index (χ0v) is 11.3. The van der Waals surface area contributed by atoms with Crippen LogP contribution in [0.5, 0.6) is 0 Å². The van der Waals surface area contributed by atoms with Gasteiger partial charge in [0.25, 0.3) is 0 Å². The number of para-hydroxylation sites is 1. The Morgan fingerprint density at radius 1 is 1.32 bits per heavy atom. The number of carbonyl (C=O) groups excluding carboxylic acids is 1. The molecule has 0 unspecified atom stereocenters. The maximum Gasteiger partial charge on any atom is 0.183 e. The molecule has 0 spiro atoms. The molecule has 1 N–H and O–H groups in total. The average molecular weight is 260 g/mol. The van der Waals surface area contributed by atoms with Crippen LogP contribution < -0.4 is 4.90 Å². The summed E-state index contributed by atoms with van der Waals surface area (Å²) in [4.78, 5) is 16.9. The number of anilines is 1. The standard InChI is InChI=1S/C15H17FN2O/c1-10-8-12(11(2)17-10)15(19)9-18(3)14-7-5-4-6-13(14)16/h4-8,17H,9H2,1-3H3. The molecule has 19 heavy (non-hydrogen) atoms. The highest BCUT2D eigenvalue weighted by Crippen LogP contribution is 2.18. The van der Waals surface area contributed by atoms with Crippen molar-refractivity contribution in [3.8, 4) is 0 Å². The van der Waals surface area contributed by atoms with Crippen LogP contribution in [0.4, 0.5) is 10.1 Å². The van der Waals surface area contributed by atoms with Crippen molar-refractivity contribution >= 4 is 11.5 Å². The first-order valence-electron chi connectivity index (χ1n) is 6.14. The highest BCUT2D eigenvalue weighted by Gasteiger charge is 2.15. The van der Waals surface area contributed by atoms with Crippen LogP contribution >= 0.6 is 0 Å². The number of aryl methyl sites for hydroxylation is 2. The first-order chi connectivity index (χ1) is 8.99. The van der Waals surface area contributed by atoms with Gasteiger partial charge in [0, 0.05) is 24.0 Å². The zero-order chi connectivity index (χ0) is 14.0. The number of aromatic nitrogens is 1. The topological polar surface area (TPSA) is 36.1 Å². The second-order valence-corrected chi connectivity index (χ2v) is 4.72. The Labute approximate surface area is 112 Å². The summed E-state index contributed by atoms with van der Waals surface area (Å²) in [6, 6.07) is 8.27. The average Bonchev–Trinajstić information content (AvgIpc) is 2.69. The Bertz CT molecular complexity index is 604. The van der Waals surface area contributed by atoms with E-state index in [1.54, 1.807) is 30.1 Å². The molecule has 0 saturated carbocycles. The summed E-state index contributed by atoms with van der Waals surface area (Å²) in [5, 5.41) is 0. The van der Waals surface area contributed by atoms with Gasteiger partial charge in [-0.25, -0.2) is 4.39 Å². The van der Waals surface area contributed by atoms with Crippen LogP contribution in [-0.2, 0) is 0 Å². The SMILES string of the molecule is Cc1cc(C(=O)CN(C)c2ccccc2F)c(C)[nH]1. The molecule has 0 atom stereocenters. The van der Waals surface area contributed by atoms with Crippen molar-refractivity contribution in [1.82, 2.24) is 4.98 Å². The van der Waals surface area contributed by atoms with Crippen LogP contribution in [0.15, 0.2) is 30.3 Å². The van der Waals surface area contributed by atoms with E-state index in [1.807, 2.05) is 19.9 Å². The lowest BCUT2D eigenvalue weighted by atomic mass is 10.1. The maximum absolute atomic E-state index is 13.6. The van der Waals surface area contributed by atoms with Crippen LogP contribution in [0.2, 0.25) is 0 Å². The van der Waals surface area contributed by atoms with Crippen LogP contribution in [-0.4, -0.2) is 24.4 Å². The lowest BCUT2D eigenvalue weighted by molar-refractivity contribution is 0.1000. The Balaban J connectivity index is 2.15. The molecule has 1 aromatic heterocycles. The first kappa shape index (κ1) is 13.3. The summed E-state index contributed by atoms with van der Waals surface area (Å²) in [5.41, 5.74) is 2.90. The van der Waals surface area contributed by atoms with Gasteiger partial charge in [0.2, 0.25) is 0 Å². The monoisotopic (exact) mass is 260 g/mol. The lowest BCUT2D eigenvalue weighted by Gasteiger charge is -2.18. The molecular weight excluding hydrogens is 243 g/mol. The minimum atomic E-state index is -0.320. The summed E-state index contributed by atoms with van der Waals surface area (Å²) < 4.78 is 13.6. The predicted molar refractivity (Wildman–Crippen MR) is 74.3 cm³/mol. The van der Waals surface area contributed by atoms with Crippen molar-refractivity contribution in [2.75, 3.05) is 18.5 Å². The zero-order valence-electron chi connectivity index (χ0n) is 11.3. The van der Waals surface area contributed by atoms with Crippen LogP contribution in [0.1, 0.15) is 21.7 Å². The molecule has 0 fully saturated rings. The van der Waals surface area contributed by atoms with Gasteiger partial charge in [0.1, 0.15) is 5.82 Å². The molecule has 0 aliphatic rings. The summed E-state index contributed by atoms with van der Waals surface area (Å²) in [6.07, 6.45) is 0. The Kier molecular flexibility index (Phi) is 3.69. The second kappa shape index (κ2) is 5.26. The molecule has 2 aromatic rings. The molecule has 0 amide bonds. The molecular formula is C15H17FN2O. The molecule has 0 saturated heterocycles. The molecule has 0 radical (unpaired) electrons. The van der Waals surface area contributed by atoms with Gasteiger partial charge in [-0.2, -0.15) is 0 Å². The minimum absolute atomic E-state index is 0.0207. The smallest absolute Gasteiger partial charge is 0.183 e. The van der Waals surface area contributed by atoms with E-state index in [4.69, 9.17) is 0 Å². The first-order valence-corrected chi connectivity index (χ1v) is 6.14. The molecule has 0 bridgehead atoms. The number of hydrogen-bond acceptors (Lipinski definition) is 2. The van der Waals surface area contributed by atoms with E-state index in [9.17, 15) is 9.18 Å². The van der Waals surface area contributed by atoms with Gasteiger partial charge in [-0.05, 0) is 32.0 Å². The number of nitrogens with zero attached hydrogens (tertiary/aromatic N) is 1. The largest absolute Gasteiger partial charge is 0.365 e. The number of Topliss-reactive ketones (excluding diaryl/α,β-unsaturated/α-hetero) is 1. The lowest BCUT2D eigenvalue weighted by Crippen LogP contribution is -2.26. The third-order valence-corrected chi connectivity index (χ3v) is 3.09. The molecule has 0 aliphatic carbocycles. The molecule has 1 heterocycles. The van der Waals surface area contributed by atoms with E-state index in [2.05, 4.69) is 4.98 Å². The number of aromatic amines is 1. The van der Waals surface area contributed by atoms with Crippen LogP contribution in [0.3, 0.4) is 0 Å². The summed E-state index contributed by atoms with van der Waals surface area (Å²) in [6.45, 7) is 3.92. The van der Waals surface area contributed by atoms with Gasteiger partial charge in [0.15, 0.2) is 5.78 Å². The third kappa shape index (κ3) is 2.84. The van der Waals surface area contributed by atoms with Gasteiger partial charge >= 0.3 is 0 Å². The molecule has 1 aromatic carbocycles. The Morgan fingerprint density at radius 3 is 2.58 bits per heavy atom. The van der Waals surface area contributed by atoms with Crippen molar-refractivity contribution < 1.29 is 9.18 Å². The number of rotatable bonds is 4. The second-order valence-electron chi connectivity index (χ2n) is 4.72. The highest BCUT2D eigenvalue weighted by atomic mass is 19.1. The molecule has 0 aliphatic heterocycles. The van der Waals surface area contributed by atoms with E-state index in [0.717, 1.165) is 11.4 Å². The highest BCUT2D eigenvalue weighted by molar-refractivity contribution is 6.00. The maximum atomic E-state index is 13.6. The van der Waals surface area contributed by atoms with E-state index >= 15 is 0 Å². The molecule has 2 rings (SSSR count). The van der Waals surface area contributed by atoms with Gasteiger partial charge in [0.05, 0.1) is 12.2 Å². The van der Waals surface area contributed by atoms with Gasteiger partial charge < -0.3 is 9.88 Å². The number of nitrogens with one attached hydrogen (secondary N) is 1. The Morgan fingerprint density at radius 2 is 2.00 bits per heavy atom. The third-order valence-electron chi connectivity index (χ3n) is 3.09. The minimum Gasteiger partial charge on any atom is -0.365 e. The number of ketones is 1. The number of likely N-dealkylation sites (N-methyl/N-ethyl adjacent to an activating group) is 1. The molecule has 100 valence electrons. The fourth-order valence-corrected chi connectivity index (χ4v) is 2.16. The van der Waals surface area contributed by atoms with Gasteiger partial charge in [-0.1, -0.05) is 12.1 Å².